The first kappa shape index (κ1) is 18.3. The number of hydrogen-bond acceptors (Lipinski definition) is 4. The largest absolute Gasteiger partial charge is 0.496 e. The summed E-state index contributed by atoms with van der Waals surface area (Å²) < 4.78 is 10.8. The van der Waals surface area contributed by atoms with E-state index in [0.717, 1.165) is 30.6 Å². The fourth-order valence-corrected chi connectivity index (χ4v) is 6.03. The Morgan fingerprint density at radius 3 is 2.30 bits per heavy atom. The number of ether oxygens (including phenoxy) is 2. The van der Waals surface area contributed by atoms with Crippen molar-refractivity contribution in [2.45, 2.75) is 51.5 Å². The van der Waals surface area contributed by atoms with Gasteiger partial charge in [0.1, 0.15) is 5.75 Å². The topological polar surface area (TPSA) is 64.6 Å². The highest BCUT2D eigenvalue weighted by Gasteiger charge is 2.55. The van der Waals surface area contributed by atoms with E-state index < -0.39 is 0 Å². The van der Waals surface area contributed by atoms with Gasteiger partial charge >= 0.3 is 5.97 Å². The van der Waals surface area contributed by atoms with Crippen molar-refractivity contribution in [3.8, 4) is 5.75 Å². The van der Waals surface area contributed by atoms with Gasteiger partial charge in [0.25, 0.3) is 5.91 Å². The maximum Gasteiger partial charge on any atom is 0.312 e. The van der Waals surface area contributed by atoms with Crippen LogP contribution in [-0.2, 0) is 14.3 Å². The number of amides is 1. The smallest absolute Gasteiger partial charge is 0.312 e. The van der Waals surface area contributed by atoms with Crippen molar-refractivity contribution in [3.63, 3.8) is 0 Å². The number of esters is 1. The Kier molecular flexibility index (Phi) is 4.87. The van der Waals surface area contributed by atoms with Gasteiger partial charge in [-0.05, 0) is 69.3 Å². The van der Waals surface area contributed by atoms with Crippen LogP contribution in [0, 0.1) is 23.2 Å². The molecule has 1 N–H and O–H groups in total. The second kappa shape index (κ2) is 7.17. The van der Waals surface area contributed by atoms with Crippen LogP contribution in [0.25, 0.3) is 0 Å². The van der Waals surface area contributed by atoms with Crippen molar-refractivity contribution in [2.24, 2.45) is 23.2 Å². The van der Waals surface area contributed by atoms with E-state index in [4.69, 9.17) is 9.47 Å². The zero-order chi connectivity index (χ0) is 19.0. The maximum absolute atomic E-state index is 12.8. The third kappa shape index (κ3) is 3.56. The standard InChI is InChI=1S/C22H29NO4/c1-14(18-5-3-4-6-19(18)26-2)23-20(24)13-27-21(25)22-10-15-7-16(11-22)9-17(8-15)12-22/h3-6,14-17H,7-13H2,1-2H3,(H,23,24). The van der Waals surface area contributed by atoms with Crippen LogP contribution >= 0.6 is 0 Å². The fourth-order valence-electron chi connectivity index (χ4n) is 6.03. The van der Waals surface area contributed by atoms with Crippen molar-refractivity contribution < 1.29 is 19.1 Å². The second-order valence-corrected chi connectivity index (χ2v) is 8.81. The van der Waals surface area contributed by atoms with Gasteiger partial charge in [0.05, 0.1) is 18.6 Å². The molecule has 4 fully saturated rings. The third-order valence-electron chi connectivity index (χ3n) is 6.79. The van der Waals surface area contributed by atoms with Gasteiger partial charge < -0.3 is 14.8 Å². The first-order valence-electron chi connectivity index (χ1n) is 10.1. The van der Waals surface area contributed by atoms with Gasteiger partial charge in [-0.2, -0.15) is 0 Å². The molecule has 0 spiro atoms. The summed E-state index contributed by atoms with van der Waals surface area (Å²) in [7, 11) is 1.61. The highest BCUT2D eigenvalue weighted by atomic mass is 16.5. The second-order valence-electron chi connectivity index (χ2n) is 8.81. The lowest BCUT2D eigenvalue weighted by atomic mass is 9.49. The van der Waals surface area contributed by atoms with Gasteiger partial charge in [0.2, 0.25) is 0 Å². The summed E-state index contributed by atoms with van der Waals surface area (Å²) >= 11 is 0. The Hall–Kier alpha value is -2.04. The molecule has 27 heavy (non-hydrogen) atoms. The lowest BCUT2D eigenvalue weighted by Gasteiger charge is -2.55. The minimum Gasteiger partial charge on any atom is -0.496 e. The lowest BCUT2D eigenvalue weighted by molar-refractivity contribution is -0.173. The van der Waals surface area contributed by atoms with Gasteiger partial charge in [-0.25, -0.2) is 0 Å². The Labute approximate surface area is 160 Å². The number of methoxy groups -OCH3 is 1. The zero-order valence-electron chi connectivity index (χ0n) is 16.2. The molecular weight excluding hydrogens is 342 g/mol. The SMILES string of the molecule is COc1ccccc1C(C)NC(=O)COC(=O)C12CC3CC(CC(C3)C1)C2. The van der Waals surface area contributed by atoms with E-state index in [-0.39, 0.29) is 29.9 Å². The molecule has 0 saturated heterocycles. The molecule has 0 heterocycles. The molecule has 4 aliphatic rings. The summed E-state index contributed by atoms with van der Waals surface area (Å²) in [5, 5.41) is 2.90. The Morgan fingerprint density at radius 2 is 1.70 bits per heavy atom. The van der Waals surface area contributed by atoms with Crippen LogP contribution in [0.5, 0.6) is 5.75 Å². The molecule has 4 bridgehead atoms. The number of hydrogen-bond donors (Lipinski definition) is 1. The summed E-state index contributed by atoms with van der Waals surface area (Å²) in [6.45, 7) is 1.69. The van der Waals surface area contributed by atoms with Crippen molar-refractivity contribution >= 4 is 11.9 Å². The van der Waals surface area contributed by atoms with Gasteiger partial charge in [-0.1, -0.05) is 18.2 Å². The summed E-state index contributed by atoms with van der Waals surface area (Å²) in [5.41, 5.74) is 0.587. The molecule has 1 amide bonds. The van der Waals surface area contributed by atoms with Crippen LogP contribution in [0.15, 0.2) is 24.3 Å². The van der Waals surface area contributed by atoms with E-state index in [9.17, 15) is 9.59 Å². The number of nitrogens with one attached hydrogen (secondary N) is 1. The van der Waals surface area contributed by atoms with E-state index >= 15 is 0 Å². The normalized spacial score (nSPS) is 32.0. The average Bonchev–Trinajstić information content (AvgIpc) is 2.64. The van der Waals surface area contributed by atoms with Gasteiger partial charge in [0, 0.05) is 5.56 Å². The van der Waals surface area contributed by atoms with Gasteiger partial charge in [-0.15, -0.1) is 0 Å². The molecule has 1 aromatic rings. The fraction of sp³-hybridized carbons (Fsp3) is 0.636. The quantitative estimate of drug-likeness (QED) is 0.776. The van der Waals surface area contributed by atoms with E-state index in [1.807, 2.05) is 31.2 Å². The first-order valence-corrected chi connectivity index (χ1v) is 10.1. The van der Waals surface area contributed by atoms with Crippen LogP contribution < -0.4 is 10.1 Å². The summed E-state index contributed by atoms with van der Waals surface area (Å²) in [6.07, 6.45) is 6.71. The Bertz CT molecular complexity index is 693. The maximum atomic E-state index is 12.8. The van der Waals surface area contributed by atoms with Crippen LogP contribution in [0.3, 0.4) is 0 Å². The van der Waals surface area contributed by atoms with Crippen LogP contribution in [0.4, 0.5) is 0 Å². The molecule has 1 unspecified atom stereocenters. The lowest BCUT2D eigenvalue weighted by Crippen LogP contribution is -2.51. The number of para-hydroxylation sites is 1. The van der Waals surface area contributed by atoms with E-state index in [1.165, 1.54) is 19.3 Å². The third-order valence-corrected chi connectivity index (χ3v) is 6.79. The number of benzene rings is 1. The molecule has 5 heteroatoms. The van der Waals surface area contributed by atoms with Crippen LogP contribution in [0.2, 0.25) is 0 Å². The highest BCUT2D eigenvalue weighted by Crippen LogP contribution is 2.60. The summed E-state index contributed by atoms with van der Waals surface area (Å²) in [4.78, 5) is 25.2. The van der Waals surface area contributed by atoms with E-state index in [0.29, 0.717) is 17.8 Å². The number of rotatable bonds is 6. The molecular formula is C22H29NO4. The summed E-state index contributed by atoms with van der Waals surface area (Å²) in [6, 6.07) is 7.38. The van der Waals surface area contributed by atoms with Crippen LogP contribution in [-0.4, -0.2) is 25.6 Å². The van der Waals surface area contributed by atoms with E-state index in [2.05, 4.69) is 5.32 Å². The first-order chi connectivity index (χ1) is 13.0. The molecule has 0 aromatic heterocycles. The molecule has 146 valence electrons. The molecule has 4 aliphatic carbocycles. The highest BCUT2D eigenvalue weighted by molar-refractivity contribution is 5.83. The molecule has 1 atom stereocenters. The van der Waals surface area contributed by atoms with Crippen molar-refractivity contribution in [2.75, 3.05) is 13.7 Å². The molecule has 0 radical (unpaired) electrons. The number of carbonyl (C=O) groups is 2. The van der Waals surface area contributed by atoms with Gasteiger partial charge in [-0.3, -0.25) is 9.59 Å². The predicted molar refractivity (Wildman–Crippen MR) is 101 cm³/mol. The molecule has 4 saturated carbocycles. The monoisotopic (exact) mass is 371 g/mol. The number of carbonyl (C=O) groups excluding carboxylic acids is 2. The summed E-state index contributed by atoms with van der Waals surface area (Å²) in [5.74, 6) is 2.36. The van der Waals surface area contributed by atoms with Gasteiger partial charge in [0.15, 0.2) is 6.61 Å². The molecule has 5 nitrogen and oxygen atoms in total. The van der Waals surface area contributed by atoms with E-state index in [1.54, 1.807) is 7.11 Å². The molecule has 1 aromatic carbocycles. The molecule has 0 aliphatic heterocycles. The van der Waals surface area contributed by atoms with Crippen molar-refractivity contribution in [1.29, 1.82) is 0 Å². The minimum absolute atomic E-state index is 0.151. The Morgan fingerprint density at radius 1 is 1.11 bits per heavy atom. The minimum atomic E-state index is -0.316. The van der Waals surface area contributed by atoms with Crippen molar-refractivity contribution in [1.82, 2.24) is 5.32 Å². The predicted octanol–water partition coefficient (Wildman–Crippen LogP) is 3.63. The average molecular weight is 371 g/mol. The van der Waals surface area contributed by atoms with Crippen molar-refractivity contribution in [3.05, 3.63) is 29.8 Å². The van der Waals surface area contributed by atoms with Crippen LogP contribution in [0.1, 0.15) is 57.1 Å². The Balaban J connectivity index is 1.32. The molecule has 5 rings (SSSR count). The zero-order valence-corrected chi connectivity index (χ0v) is 16.2.